The van der Waals surface area contributed by atoms with Crippen LogP contribution in [0.3, 0.4) is 0 Å². The van der Waals surface area contributed by atoms with E-state index in [9.17, 15) is 13.2 Å². The summed E-state index contributed by atoms with van der Waals surface area (Å²) < 4.78 is 45.5. The van der Waals surface area contributed by atoms with Crippen molar-refractivity contribution in [1.82, 2.24) is 9.80 Å². The Morgan fingerprint density at radius 2 is 1.55 bits per heavy atom. The van der Waals surface area contributed by atoms with Crippen molar-refractivity contribution in [2.24, 2.45) is 0 Å². The van der Waals surface area contributed by atoms with Crippen molar-refractivity contribution in [3.05, 3.63) is 48.0 Å². The van der Waals surface area contributed by atoms with Gasteiger partial charge in [0.1, 0.15) is 0 Å². The number of halogens is 3. The van der Waals surface area contributed by atoms with Crippen LogP contribution in [0.2, 0.25) is 0 Å². The Hall–Kier alpha value is -1.78. The number of nitrogens with zero attached hydrogens (tertiary/aromatic N) is 3. The molecular weight excluding hydrogens is 451 g/mol. The fourth-order valence-corrected chi connectivity index (χ4v) is 5.37. The van der Waals surface area contributed by atoms with E-state index in [1.807, 2.05) is 29.2 Å². The second kappa shape index (κ2) is 11.1. The molecule has 9 heteroatoms. The van der Waals surface area contributed by atoms with Gasteiger partial charge in [-0.25, -0.2) is 0 Å². The summed E-state index contributed by atoms with van der Waals surface area (Å²) in [6.07, 6.45) is -3.49. The van der Waals surface area contributed by atoms with Crippen molar-refractivity contribution >= 4 is 23.1 Å². The molecule has 0 aromatic heterocycles. The summed E-state index contributed by atoms with van der Waals surface area (Å²) in [5.74, 6) is 0. The predicted octanol–water partition coefficient (Wildman–Crippen LogP) is 4.32. The molecule has 1 N–H and O–H groups in total. The van der Waals surface area contributed by atoms with Crippen LogP contribution in [-0.4, -0.2) is 80.5 Å². The summed E-state index contributed by atoms with van der Waals surface area (Å²) in [7, 11) is 0. The highest BCUT2D eigenvalue weighted by molar-refractivity contribution is 7.99. The van der Waals surface area contributed by atoms with Crippen LogP contribution < -0.4 is 4.90 Å². The Labute approximate surface area is 197 Å². The van der Waals surface area contributed by atoms with Crippen molar-refractivity contribution < 1.29 is 23.0 Å². The normalized spacial score (nSPS) is 17.2. The highest BCUT2D eigenvalue weighted by atomic mass is 32.2. The molecule has 4 rings (SSSR count). The van der Waals surface area contributed by atoms with Gasteiger partial charge >= 0.3 is 6.18 Å². The molecule has 0 radical (unpaired) electrons. The summed E-state index contributed by atoms with van der Waals surface area (Å²) >= 11 is 1.53. The van der Waals surface area contributed by atoms with E-state index >= 15 is 0 Å². The maximum Gasteiger partial charge on any atom is 0.416 e. The van der Waals surface area contributed by atoms with Crippen LogP contribution in [0, 0.1) is 0 Å². The van der Waals surface area contributed by atoms with E-state index in [-0.39, 0.29) is 6.61 Å². The lowest BCUT2D eigenvalue weighted by Gasteiger charge is -2.36. The van der Waals surface area contributed by atoms with Gasteiger partial charge in [0.15, 0.2) is 0 Å². The molecule has 0 saturated carbocycles. The molecule has 0 bridgehead atoms. The number of piperazine rings is 1. The number of aliphatic hydroxyl groups is 1. The minimum Gasteiger partial charge on any atom is -0.394 e. The SMILES string of the molecule is OCCOCCN1CCN(CCCN2c3ccccc3Sc3ccc(C(F)(F)F)cc32)CC1. The van der Waals surface area contributed by atoms with Crippen LogP contribution >= 0.6 is 11.8 Å². The summed E-state index contributed by atoms with van der Waals surface area (Å²) in [5.41, 5.74) is 1.01. The average Bonchev–Trinajstić information content (AvgIpc) is 2.81. The second-order valence-electron chi connectivity index (χ2n) is 8.27. The Balaban J connectivity index is 1.36. The molecule has 0 amide bonds. The van der Waals surface area contributed by atoms with E-state index in [0.717, 1.165) is 61.2 Å². The van der Waals surface area contributed by atoms with Gasteiger partial charge in [0.05, 0.1) is 36.8 Å². The Morgan fingerprint density at radius 3 is 2.27 bits per heavy atom. The molecule has 5 nitrogen and oxygen atoms in total. The number of ether oxygens (including phenoxy) is 1. The van der Waals surface area contributed by atoms with Crippen LogP contribution in [0.15, 0.2) is 52.3 Å². The summed E-state index contributed by atoms with van der Waals surface area (Å²) in [6, 6.07) is 12.0. The lowest BCUT2D eigenvalue weighted by Crippen LogP contribution is -2.47. The van der Waals surface area contributed by atoms with E-state index in [2.05, 4.69) is 9.80 Å². The molecule has 2 aromatic rings. The van der Waals surface area contributed by atoms with Crippen molar-refractivity contribution in [3.63, 3.8) is 0 Å². The van der Waals surface area contributed by atoms with Crippen LogP contribution in [-0.2, 0) is 10.9 Å². The summed E-state index contributed by atoms with van der Waals surface area (Å²) in [6.45, 7) is 7.41. The van der Waals surface area contributed by atoms with Crippen LogP contribution in [0.5, 0.6) is 0 Å². The number of rotatable bonds is 9. The number of hydrogen-bond acceptors (Lipinski definition) is 6. The van der Waals surface area contributed by atoms with Gasteiger partial charge in [0.25, 0.3) is 0 Å². The van der Waals surface area contributed by atoms with Crippen LogP contribution in [0.1, 0.15) is 12.0 Å². The monoisotopic (exact) mass is 481 g/mol. The minimum atomic E-state index is -4.36. The zero-order valence-corrected chi connectivity index (χ0v) is 19.4. The number of anilines is 2. The highest BCUT2D eigenvalue weighted by Gasteiger charge is 2.33. The second-order valence-corrected chi connectivity index (χ2v) is 9.36. The quantitative estimate of drug-likeness (QED) is 0.538. The molecule has 1 fully saturated rings. The third-order valence-electron chi connectivity index (χ3n) is 6.06. The van der Waals surface area contributed by atoms with Gasteiger partial charge in [0, 0.05) is 49.1 Å². The first-order valence-electron chi connectivity index (χ1n) is 11.3. The van der Waals surface area contributed by atoms with E-state index in [0.29, 0.717) is 25.4 Å². The topological polar surface area (TPSA) is 39.2 Å². The molecule has 0 unspecified atom stereocenters. The number of alkyl halides is 3. The summed E-state index contributed by atoms with van der Waals surface area (Å²) in [4.78, 5) is 8.76. The molecule has 180 valence electrons. The molecule has 2 aliphatic heterocycles. The lowest BCUT2D eigenvalue weighted by molar-refractivity contribution is -0.137. The van der Waals surface area contributed by atoms with E-state index in [1.165, 1.54) is 23.9 Å². The van der Waals surface area contributed by atoms with Crippen molar-refractivity contribution in [2.75, 3.05) is 70.5 Å². The molecule has 0 aliphatic carbocycles. The molecule has 1 saturated heterocycles. The van der Waals surface area contributed by atoms with Gasteiger partial charge in [-0.15, -0.1) is 0 Å². The number of hydrogen-bond donors (Lipinski definition) is 1. The zero-order chi connectivity index (χ0) is 23.3. The van der Waals surface area contributed by atoms with Crippen LogP contribution in [0.25, 0.3) is 0 Å². The Morgan fingerprint density at radius 1 is 0.848 bits per heavy atom. The zero-order valence-electron chi connectivity index (χ0n) is 18.6. The van der Waals surface area contributed by atoms with E-state index in [4.69, 9.17) is 9.84 Å². The smallest absolute Gasteiger partial charge is 0.394 e. The van der Waals surface area contributed by atoms with Crippen molar-refractivity contribution in [1.29, 1.82) is 0 Å². The predicted molar refractivity (Wildman–Crippen MR) is 124 cm³/mol. The lowest BCUT2D eigenvalue weighted by atomic mass is 10.1. The molecule has 2 heterocycles. The highest BCUT2D eigenvalue weighted by Crippen LogP contribution is 2.49. The van der Waals surface area contributed by atoms with E-state index < -0.39 is 11.7 Å². The van der Waals surface area contributed by atoms with Crippen molar-refractivity contribution in [2.45, 2.75) is 22.4 Å². The third-order valence-corrected chi connectivity index (χ3v) is 7.19. The fourth-order valence-electron chi connectivity index (χ4n) is 4.30. The first kappa shape index (κ1) is 24.3. The van der Waals surface area contributed by atoms with Crippen LogP contribution in [0.4, 0.5) is 24.5 Å². The molecule has 2 aliphatic rings. The van der Waals surface area contributed by atoms with Gasteiger partial charge in [-0.3, -0.25) is 4.90 Å². The molecule has 0 atom stereocenters. The molecular formula is C24H30F3N3O2S. The van der Waals surface area contributed by atoms with Gasteiger partial charge < -0.3 is 19.6 Å². The Kier molecular flexibility index (Phi) is 8.19. The minimum absolute atomic E-state index is 0.0515. The molecule has 0 spiro atoms. The average molecular weight is 482 g/mol. The largest absolute Gasteiger partial charge is 0.416 e. The number of benzene rings is 2. The number of para-hydroxylation sites is 1. The Bertz CT molecular complexity index is 920. The van der Waals surface area contributed by atoms with E-state index in [1.54, 1.807) is 6.07 Å². The van der Waals surface area contributed by atoms with Gasteiger partial charge in [-0.1, -0.05) is 23.9 Å². The maximum absolute atomic E-state index is 13.4. The maximum atomic E-state index is 13.4. The first-order valence-corrected chi connectivity index (χ1v) is 12.2. The number of fused-ring (bicyclic) bond motifs is 2. The van der Waals surface area contributed by atoms with Crippen molar-refractivity contribution in [3.8, 4) is 0 Å². The standard InChI is InChI=1S/C24H30F3N3O2S/c25-24(26,27)19-6-7-23-21(18-19)30(20-4-1-2-5-22(20)33-23)9-3-8-28-10-12-29(13-11-28)14-16-32-17-15-31/h1-2,4-7,18,31H,3,8-17H2. The summed E-state index contributed by atoms with van der Waals surface area (Å²) in [5, 5.41) is 8.77. The van der Waals surface area contributed by atoms with Gasteiger partial charge in [0.2, 0.25) is 0 Å². The van der Waals surface area contributed by atoms with Gasteiger partial charge in [-0.05, 0) is 43.3 Å². The third kappa shape index (κ3) is 6.22. The van der Waals surface area contributed by atoms with Gasteiger partial charge in [-0.2, -0.15) is 13.2 Å². The first-order chi connectivity index (χ1) is 16.0. The molecule has 33 heavy (non-hydrogen) atoms. The number of aliphatic hydroxyl groups excluding tert-OH is 1. The molecule has 2 aromatic carbocycles. The fraction of sp³-hybridized carbons (Fsp3) is 0.500.